The molecule has 1 aliphatic rings. The van der Waals surface area contributed by atoms with E-state index in [0.717, 1.165) is 29.8 Å². The first-order chi connectivity index (χ1) is 15.3. The molecule has 1 fully saturated rings. The number of nitrogens with zero attached hydrogens (tertiary/aromatic N) is 1. The molecule has 1 amide bonds. The number of sulfone groups is 1. The molecule has 0 aromatic heterocycles. The van der Waals surface area contributed by atoms with Crippen molar-refractivity contribution in [3.8, 4) is 5.75 Å². The summed E-state index contributed by atoms with van der Waals surface area (Å²) in [5.41, 5.74) is 1.40. The summed E-state index contributed by atoms with van der Waals surface area (Å²) in [7, 11) is -2.38. The fraction of sp³-hybridized carbons (Fsp3) is 0.208. The molecule has 1 N–H and O–H groups in total. The van der Waals surface area contributed by atoms with Crippen molar-refractivity contribution >= 4 is 21.4 Å². The number of hydrogen-bond acceptors (Lipinski definition) is 5. The van der Waals surface area contributed by atoms with Crippen molar-refractivity contribution in [2.45, 2.75) is 17.0 Å². The predicted molar refractivity (Wildman–Crippen MR) is 118 cm³/mol. The first kappa shape index (κ1) is 22.0. The van der Waals surface area contributed by atoms with Crippen molar-refractivity contribution in [3.63, 3.8) is 0 Å². The number of rotatable bonds is 7. The number of carbonyl (C=O) groups is 1. The van der Waals surface area contributed by atoms with Crippen molar-refractivity contribution in [1.82, 2.24) is 0 Å². The highest BCUT2D eigenvalue weighted by Gasteiger charge is 2.53. The van der Waals surface area contributed by atoms with Crippen LogP contribution in [0.25, 0.3) is 0 Å². The van der Waals surface area contributed by atoms with E-state index in [4.69, 9.17) is 4.74 Å². The van der Waals surface area contributed by atoms with Crippen molar-refractivity contribution in [1.29, 1.82) is 0 Å². The van der Waals surface area contributed by atoms with Crippen molar-refractivity contribution in [3.05, 3.63) is 90.2 Å². The minimum atomic E-state index is -3.93. The third-order valence-electron chi connectivity index (χ3n) is 5.61. The summed E-state index contributed by atoms with van der Waals surface area (Å²) in [5, 5.41) is 10.9. The van der Waals surface area contributed by atoms with Crippen LogP contribution in [0.15, 0.2) is 83.8 Å². The van der Waals surface area contributed by atoms with Crippen molar-refractivity contribution in [2.24, 2.45) is 5.92 Å². The molecule has 3 aromatic carbocycles. The van der Waals surface area contributed by atoms with Crippen molar-refractivity contribution in [2.75, 3.05) is 17.8 Å². The lowest BCUT2D eigenvalue weighted by atomic mass is 9.78. The summed E-state index contributed by atoms with van der Waals surface area (Å²) >= 11 is 0. The predicted octanol–water partition coefficient (Wildman–Crippen LogP) is 3.37. The number of amides is 1. The zero-order valence-electron chi connectivity index (χ0n) is 17.3. The molecule has 6 nitrogen and oxygen atoms in total. The first-order valence-electron chi connectivity index (χ1n) is 10.0. The molecular formula is C24H22FNO5S. The van der Waals surface area contributed by atoms with Crippen LogP contribution in [0.2, 0.25) is 0 Å². The lowest BCUT2D eigenvalue weighted by Gasteiger charge is -2.49. The number of β-lactam (4-membered cyclic amide) rings is 1. The quantitative estimate of drug-likeness (QED) is 0.436. The van der Waals surface area contributed by atoms with Gasteiger partial charge >= 0.3 is 0 Å². The van der Waals surface area contributed by atoms with Crippen LogP contribution in [0, 0.1) is 11.7 Å². The van der Waals surface area contributed by atoms with Gasteiger partial charge in [0.25, 0.3) is 0 Å². The lowest BCUT2D eigenvalue weighted by molar-refractivity contribution is -0.135. The summed E-state index contributed by atoms with van der Waals surface area (Å²) in [6.07, 6.45) is -1.44. The topological polar surface area (TPSA) is 83.9 Å². The van der Waals surface area contributed by atoms with Gasteiger partial charge in [0.2, 0.25) is 5.91 Å². The van der Waals surface area contributed by atoms with E-state index in [0.29, 0.717) is 11.4 Å². The largest absolute Gasteiger partial charge is 0.497 e. The van der Waals surface area contributed by atoms with E-state index < -0.39 is 39.5 Å². The molecule has 0 saturated carbocycles. The van der Waals surface area contributed by atoms with Gasteiger partial charge in [-0.05, 0) is 54.1 Å². The molecule has 4 rings (SSSR count). The smallest absolute Gasteiger partial charge is 0.235 e. The van der Waals surface area contributed by atoms with Crippen LogP contribution < -0.4 is 9.64 Å². The molecule has 0 unspecified atom stereocenters. The molecule has 8 heteroatoms. The van der Waals surface area contributed by atoms with Gasteiger partial charge in [-0.1, -0.05) is 30.3 Å². The summed E-state index contributed by atoms with van der Waals surface area (Å²) in [6, 6.07) is 19.9. The second-order valence-corrected chi connectivity index (χ2v) is 9.62. The lowest BCUT2D eigenvalue weighted by Crippen LogP contribution is -2.60. The third-order valence-corrected chi connectivity index (χ3v) is 7.38. The maximum Gasteiger partial charge on any atom is 0.235 e. The highest BCUT2D eigenvalue weighted by atomic mass is 32.2. The zero-order chi connectivity index (χ0) is 22.9. The number of aliphatic hydroxyl groups is 1. The van der Waals surface area contributed by atoms with Crippen LogP contribution in [-0.2, 0) is 14.6 Å². The number of hydrogen-bond donors (Lipinski definition) is 1. The number of aliphatic hydroxyl groups excluding tert-OH is 1. The molecule has 1 heterocycles. The van der Waals surface area contributed by atoms with E-state index in [1.54, 1.807) is 60.5 Å². The Hall–Kier alpha value is -3.23. The number of anilines is 1. The molecule has 3 aromatic rings. The van der Waals surface area contributed by atoms with Crippen LogP contribution in [0.4, 0.5) is 10.1 Å². The number of benzene rings is 3. The maximum absolute atomic E-state index is 13.2. The second-order valence-electron chi connectivity index (χ2n) is 7.59. The standard InChI is InChI=1S/C24H22FNO5S/c1-31-19-11-7-16(8-12-19)23-22(24(28)26(23)18-5-3-2-4-6-18)21(27)15-32(29,30)20-13-9-17(25)10-14-20/h2-14,21-23,27H,15H2,1H3/t21-,22-,23-/m1/s1. The molecule has 0 radical (unpaired) electrons. The zero-order valence-corrected chi connectivity index (χ0v) is 18.1. The molecule has 0 aliphatic carbocycles. The number of ether oxygens (including phenoxy) is 1. The Balaban J connectivity index is 1.64. The Morgan fingerprint density at radius 2 is 1.62 bits per heavy atom. The maximum atomic E-state index is 13.2. The molecule has 3 atom stereocenters. The van der Waals surface area contributed by atoms with Gasteiger partial charge in [0.1, 0.15) is 11.6 Å². The van der Waals surface area contributed by atoms with Crippen LogP contribution in [0.3, 0.4) is 0 Å². The van der Waals surface area contributed by atoms with Gasteiger partial charge < -0.3 is 14.7 Å². The molecular weight excluding hydrogens is 433 g/mol. The van der Waals surface area contributed by atoms with Gasteiger partial charge in [-0.2, -0.15) is 0 Å². The van der Waals surface area contributed by atoms with Crippen LogP contribution in [0.5, 0.6) is 5.75 Å². The molecule has 1 saturated heterocycles. The monoisotopic (exact) mass is 455 g/mol. The number of carbonyl (C=O) groups excluding carboxylic acids is 1. The van der Waals surface area contributed by atoms with Crippen LogP contribution in [0.1, 0.15) is 11.6 Å². The first-order valence-corrected chi connectivity index (χ1v) is 11.7. The second kappa shape index (κ2) is 8.72. The number of para-hydroxylation sites is 1. The Labute approximate surface area is 185 Å². The van der Waals surface area contributed by atoms with Gasteiger partial charge in [-0.15, -0.1) is 0 Å². The van der Waals surface area contributed by atoms with Gasteiger partial charge in [-0.3, -0.25) is 4.79 Å². The van der Waals surface area contributed by atoms with Crippen molar-refractivity contribution < 1.29 is 27.4 Å². The van der Waals surface area contributed by atoms with Gasteiger partial charge in [0.15, 0.2) is 9.84 Å². The highest BCUT2D eigenvalue weighted by molar-refractivity contribution is 7.91. The minimum Gasteiger partial charge on any atom is -0.497 e. The minimum absolute atomic E-state index is 0.106. The van der Waals surface area contributed by atoms with E-state index in [-0.39, 0.29) is 10.8 Å². The van der Waals surface area contributed by atoms with Gasteiger partial charge in [0, 0.05) is 5.69 Å². The SMILES string of the molecule is COc1ccc([C@@H]2[C@@H]([C@H](O)CS(=O)(=O)c3ccc(F)cc3)C(=O)N2c2ccccc2)cc1. The fourth-order valence-electron chi connectivity index (χ4n) is 3.99. The fourth-order valence-corrected chi connectivity index (χ4v) is 5.39. The van der Waals surface area contributed by atoms with Gasteiger partial charge in [-0.25, -0.2) is 12.8 Å². The summed E-state index contributed by atoms with van der Waals surface area (Å²) in [5.74, 6) is -1.87. The van der Waals surface area contributed by atoms with E-state index in [9.17, 15) is 22.7 Å². The Bertz CT molecular complexity index is 1200. The number of halogens is 1. The number of methoxy groups -OCH3 is 1. The molecule has 32 heavy (non-hydrogen) atoms. The van der Waals surface area contributed by atoms with E-state index in [1.807, 2.05) is 6.07 Å². The molecule has 0 bridgehead atoms. The molecule has 166 valence electrons. The third kappa shape index (κ3) is 4.11. The highest BCUT2D eigenvalue weighted by Crippen LogP contribution is 2.45. The van der Waals surface area contributed by atoms with Crippen LogP contribution >= 0.6 is 0 Å². The van der Waals surface area contributed by atoms with Gasteiger partial charge in [0.05, 0.1) is 35.8 Å². The van der Waals surface area contributed by atoms with E-state index in [2.05, 4.69) is 0 Å². The summed E-state index contributed by atoms with van der Waals surface area (Å²) in [4.78, 5) is 14.5. The molecule has 0 spiro atoms. The molecule has 1 aliphatic heterocycles. The van der Waals surface area contributed by atoms with E-state index in [1.165, 1.54) is 0 Å². The van der Waals surface area contributed by atoms with Crippen LogP contribution in [-0.4, -0.2) is 38.4 Å². The summed E-state index contributed by atoms with van der Waals surface area (Å²) < 4.78 is 43.9. The summed E-state index contributed by atoms with van der Waals surface area (Å²) in [6.45, 7) is 0. The Kier molecular flexibility index (Phi) is 5.99. The average molecular weight is 456 g/mol. The van der Waals surface area contributed by atoms with E-state index >= 15 is 0 Å². The normalized spacial score (nSPS) is 19.3. The Morgan fingerprint density at radius 1 is 1.00 bits per heavy atom. The average Bonchev–Trinajstić information content (AvgIpc) is 2.78. The Morgan fingerprint density at radius 3 is 2.22 bits per heavy atom.